The van der Waals surface area contributed by atoms with Gasteiger partial charge in [-0.05, 0) is 90.2 Å². The molecule has 5 rings (SSSR count). The van der Waals surface area contributed by atoms with Gasteiger partial charge in [0, 0.05) is 0 Å². The molecular formula is C36H45FO. The van der Waals surface area contributed by atoms with Gasteiger partial charge < -0.3 is 4.74 Å². The number of hydrogen-bond acceptors (Lipinski definition) is 1. The molecule has 0 heterocycles. The summed E-state index contributed by atoms with van der Waals surface area (Å²) in [6, 6.07) is 24.1. The van der Waals surface area contributed by atoms with E-state index in [-0.39, 0.29) is 5.82 Å². The first kappa shape index (κ1) is 27.0. The highest BCUT2D eigenvalue weighted by Gasteiger charge is 2.35. The summed E-state index contributed by atoms with van der Waals surface area (Å²) in [6.45, 7) is 2.67. The first-order valence-corrected chi connectivity index (χ1v) is 15.3. The number of ether oxygens (including phenoxy) is 1. The van der Waals surface area contributed by atoms with E-state index < -0.39 is 0 Å². The van der Waals surface area contributed by atoms with E-state index >= 15 is 0 Å². The Hall–Kier alpha value is -2.61. The zero-order valence-electron chi connectivity index (χ0n) is 23.2. The molecule has 0 amide bonds. The molecule has 2 heteroatoms. The van der Waals surface area contributed by atoms with Crippen LogP contribution in [0.15, 0.2) is 72.8 Å². The van der Waals surface area contributed by atoms with Gasteiger partial charge in [-0.1, -0.05) is 113 Å². The predicted molar refractivity (Wildman–Crippen MR) is 157 cm³/mol. The molecule has 3 aromatic carbocycles. The van der Waals surface area contributed by atoms with Gasteiger partial charge in [0.15, 0.2) is 11.6 Å². The van der Waals surface area contributed by atoms with E-state index in [9.17, 15) is 4.39 Å². The molecule has 2 fully saturated rings. The van der Waals surface area contributed by atoms with Crippen molar-refractivity contribution < 1.29 is 9.13 Å². The molecular weight excluding hydrogens is 467 g/mol. The molecule has 2 saturated carbocycles. The number of fused-ring (bicyclic) bond motifs is 1. The zero-order chi connectivity index (χ0) is 26.2. The molecule has 0 aliphatic heterocycles. The Bertz CT molecular complexity index is 1120. The van der Waals surface area contributed by atoms with Crippen LogP contribution in [0, 0.1) is 23.6 Å². The summed E-state index contributed by atoms with van der Waals surface area (Å²) >= 11 is 0. The Morgan fingerprint density at radius 2 is 1.47 bits per heavy atom. The van der Waals surface area contributed by atoms with Gasteiger partial charge in [-0.15, -0.1) is 0 Å². The predicted octanol–water partition coefficient (Wildman–Crippen LogP) is 10.7. The summed E-state index contributed by atoms with van der Waals surface area (Å²) < 4.78 is 20.5. The molecule has 1 unspecified atom stereocenters. The Kier molecular flexibility index (Phi) is 9.55. The van der Waals surface area contributed by atoms with Gasteiger partial charge in [0.05, 0.1) is 0 Å². The Morgan fingerprint density at radius 1 is 0.737 bits per heavy atom. The molecule has 0 spiro atoms. The summed E-state index contributed by atoms with van der Waals surface area (Å²) in [5.74, 6) is 3.55. The molecule has 2 aliphatic carbocycles. The molecule has 4 atom stereocenters. The maximum Gasteiger partial charge on any atom is 0.165 e. The first-order chi connectivity index (χ1) is 18.7. The van der Waals surface area contributed by atoms with E-state index in [0.717, 1.165) is 34.4 Å². The SMILES string of the molecule is CCCCCCCC1CC[C@@H]2C[C@H](c3ccc(-c4ccc(OCc5ccccc5)c(F)c4)cc3)CC[C@@H]2C1. The minimum atomic E-state index is -0.308. The number of unbranched alkanes of at least 4 members (excludes halogenated alkanes) is 4. The van der Waals surface area contributed by atoms with Gasteiger partial charge in [0.1, 0.15) is 6.61 Å². The monoisotopic (exact) mass is 512 g/mol. The molecule has 2 aliphatic rings. The lowest BCUT2D eigenvalue weighted by molar-refractivity contribution is 0.113. The molecule has 3 aromatic rings. The molecule has 0 saturated heterocycles. The maximum atomic E-state index is 14.8. The molecule has 0 N–H and O–H groups in total. The topological polar surface area (TPSA) is 9.23 Å². The van der Waals surface area contributed by atoms with Crippen molar-refractivity contribution in [2.75, 3.05) is 0 Å². The number of halogens is 1. The summed E-state index contributed by atoms with van der Waals surface area (Å²) in [5.41, 5.74) is 4.47. The van der Waals surface area contributed by atoms with E-state index in [1.54, 1.807) is 12.1 Å². The molecule has 0 aromatic heterocycles. The van der Waals surface area contributed by atoms with Crippen LogP contribution in [0.4, 0.5) is 4.39 Å². The van der Waals surface area contributed by atoms with Crippen LogP contribution in [0.3, 0.4) is 0 Å². The number of hydrogen-bond donors (Lipinski definition) is 0. The maximum absolute atomic E-state index is 14.8. The zero-order valence-corrected chi connectivity index (χ0v) is 23.2. The Labute approximate surface area is 229 Å². The summed E-state index contributed by atoms with van der Waals surface area (Å²) in [4.78, 5) is 0. The van der Waals surface area contributed by atoms with Gasteiger partial charge in [0.25, 0.3) is 0 Å². The largest absolute Gasteiger partial charge is 0.486 e. The van der Waals surface area contributed by atoms with E-state index in [1.165, 1.54) is 82.6 Å². The number of benzene rings is 3. The minimum absolute atomic E-state index is 0.303. The average molecular weight is 513 g/mol. The highest BCUT2D eigenvalue weighted by Crippen LogP contribution is 2.48. The highest BCUT2D eigenvalue weighted by molar-refractivity contribution is 5.64. The second-order valence-corrected chi connectivity index (χ2v) is 12.0. The third kappa shape index (κ3) is 7.07. The van der Waals surface area contributed by atoms with Gasteiger partial charge in [-0.2, -0.15) is 0 Å². The smallest absolute Gasteiger partial charge is 0.165 e. The Balaban J connectivity index is 1.12. The lowest BCUT2D eigenvalue weighted by Crippen LogP contribution is -2.30. The van der Waals surface area contributed by atoms with Crippen LogP contribution in [-0.4, -0.2) is 0 Å². The van der Waals surface area contributed by atoms with Gasteiger partial charge in [-0.3, -0.25) is 0 Å². The fourth-order valence-corrected chi connectivity index (χ4v) is 7.07. The fraction of sp³-hybridized carbons (Fsp3) is 0.500. The van der Waals surface area contributed by atoms with Crippen LogP contribution < -0.4 is 4.74 Å². The van der Waals surface area contributed by atoms with E-state index in [0.29, 0.717) is 18.3 Å². The summed E-state index contributed by atoms with van der Waals surface area (Å²) in [6.07, 6.45) is 17.0. The number of rotatable bonds is 11. The Morgan fingerprint density at radius 3 is 2.26 bits per heavy atom. The highest BCUT2D eigenvalue weighted by atomic mass is 19.1. The third-order valence-electron chi connectivity index (χ3n) is 9.32. The molecule has 38 heavy (non-hydrogen) atoms. The van der Waals surface area contributed by atoms with Gasteiger partial charge in [0.2, 0.25) is 0 Å². The standard InChI is InChI=1S/C36H45FO/c1-2-3-4-5-7-10-27-13-14-33-24-32(20-19-31(33)23-27)29-15-17-30(18-16-29)34-21-22-36(35(37)25-34)38-26-28-11-8-6-9-12-28/h6,8-9,11-12,15-18,21-22,25,27,31-33H,2-5,7,10,13-14,19-20,23-24,26H2,1H3/t27?,31-,32-,33-/m1/s1. The van der Waals surface area contributed by atoms with Gasteiger partial charge >= 0.3 is 0 Å². The quantitative estimate of drug-likeness (QED) is 0.232. The summed E-state index contributed by atoms with van der Waals surface area (Å²) in [7, 11) is 0. The van der Waals surface area contributed by atoms with E-state index in [2.05, 4.69) is 31.2 Å². The van der Waals surface area contributed by atoms with E-state index in [4.69, 9.17) is 4.74 Å². The normalized spacial score (nSPS) is 23.1. The van der Waals surface area contributed by atoms with E-state index in [1.807, 2.05) is 36.4 Å². The first-order valence-electron chi connectivity index (χ1n) is 15.3. The molecule has 0 bridgehead atoms. The second-order valence-electron chi connectivity index (χ2n) is 12.0. The van der Waals surface area contributed by atoms with Crippen molar-refractivity contribution in [3.63, 3.8) is 0 Å². The van der Waals surface area contributed by atoms with Crippen molar-refractivity contribution >= 4 is 0 Å². The van der Waals surface area contributed by atoms with Crippen LogP contribution in [0.5, 0.6) is 5.75 Å². The lowest BCUT2D eigenvalue weighted by atomic mass is 9.63. The van der Waals surface area contributed by atoms with Crippen molar-refractivity contribution in [3.8, 4) is 16.9 Å². The van der Waals surface area contributed by atoms with Gasteiger partial charge in [-0.25, -0.2) is 4.39 Å². The van der Waals surface area contributed by atoms with Crippen LogP contribution >= 0.6 is 0 Å². The van der Waals surface area contributed by atoms with Crippen LogP contribution in [0.1, 0.15) is 101 Å². The molecule has 202 valence electrons. The molecule has 0 radical (unpaired) electrons. The van der Waals surface area contributed by atoms with Crippen molar-refractivity contribution in [2.45, 2.75) is 96.5 Å². The van der Waals surface area contributed by atoms with Crippen LogP contribution in [0.25, 0.3) is 11.1 Å². The van der Waals surface area contributed by atoms with Crippen molar-refractivity contribution in [1.29, 1.82) is 0 Å². The minimum Gasteiger partial charge on any atom is -0.486 e. The average Bonchev–Trinajstić information content (AvgIpc) is 2.97. The van der Waals surface area contributed by atoms with Crippen LogP contribution in [-0.2, 0) is 6.61 Å². The third-order valence-corrected chi connectivity index (χ3v) is 9.32. The lowest BCUT2D eigenvalue weighted by Gasteiger charge is -2.42. The van der Waals surface area contributed by atoms with Crippen molar-refractivity contribution in [1.82, 2.24) is 0 Å². The van der Waals surface area contributed by atoms with Crippen molar-refractivity contribution in [3.05, 3.63) is 89.7 Å². The fourth-order valence-electron chi connectivity index (χ4n) is 7.07. The van der Waals surface area contributed by atoms with Crippen molar-refractivity contribution in [2.24, 2.45) is 17.8 Å². The molecule has 1 nitrogen and oxygen atoms in total. The second kappa shape index (κ2) is 13.5. The summed E-state index contributed by atoms with van der Waals surface area (Å²) in [5, 5.41) is 0. The van der Waals surface area contributed by atoms with Crippen LogP contribution in [0.2, 0.25) is 0 Å².